The Bertz CT molecular complexity index is 188. The van der Waals surface area contributed by atoms with Crippen LogP contribution in [0.3, 0.4) is 0 Å². The minimum atomic E-state index is -1.08. The Morgan fingerprint density at radius 2 is 1.83 bits per heavy atom. The molecule has 0 saturated heterocycles. The van der Waals surface area contributed by atoms with Crippen LogP contribution < -0.4 is 0 Å². The lowest BCUT2D eigenvalue weighted by Gasteiger charge is -2.21. The van der Waals surface area contributed by atoms with E-state index in [1.165, 1.54) is 0 Å². The van der Waals surface area contributed by atoms with Crippen molar-refractivity contribution >= 4 is 5.78 Å². The number of rotatable bonds is 1. The molecule has 12 heavy (non-hydrogen) atoms. The quantitative estimate of drug-likeness (QED) is 0.584. The van der Waals surface area contributed by atoms with Crippen molar-refractivity contribution < 1.29 is 15.0 Å². The predicted octanol–water partition coefficient (Wildman–Crippen LogP) is 0.0134. The standard InChI is InChI=1S/C9H15O3/c1-4(2)6-5(3)7(10)9(12)8(6)11/h4-8,10-11H,3H2,1-2H3. The predicted molar refractivity (Wildman–Crippen MR) is 44.2 cm³/mol. The van der Waals surface area contributed by atoms with Gasteiger partial charge in [-0.2, -0.15) is 0 Å². The van der Waals surface area contributed by atoms with Crippen molar-refractivity contribution in [3.63, 3.8) is 0 Å². The zero-order chi connectivity index (χ0) is 9.46. The summed E-state index contributed by atoms with van der Waals surface area (Å²) in [5.41, 5.74) is 0. The number of carbonyl (C=O) groups excluding carboxylic acids is 1. The average molecular weight is 171 g/mol. The summed E-state index contributed by atoms with van der Waals surface area (Å²) in [6.45, 7) is 7.52. The van der Waals surface area contributed by atoms with Gasteiger partial charge in [0, 0.05) is 5.92 Å². The van der Waals surface area contributed by atoms with Crippen LogP contribution in [0.2, 0.25) is 0 Å². The summed E-state index contributed by atoms with van der Waals surface area (Å²) in [5, 5.41) is 18.7. The minimum Gasteiger partial charge on any atom is -0.385 e. The third-order valence-corrected chi connectivity index (χ3v) is 2.62. The highest BCUT2D eigenvalue weighted by atomic mass is 16.3. The second-order valence-corrected chi connectivity index (χ2v) is 3.78. The zero-order valence-corrected chi connectivity index (χ0v) is 7.40. The van der Waals surface area contributed by atoms with Gasteiger partial charge < -0.3 is 10.2 Å². The number of Topliss-reactive ketones (excluding diaryl/α,β-unsaturated/α-hetero) is 1. The molecule has 0 spiro atoms. The minimum absolute atomic E-state index is 0.170. The van der Waals surface area contributed by atoms with Gasteiger partial charge >= 0.3 is 0 Å². The van der Waals surface area contributed by atoms with E-state index in [0.717, 1.165) is 0 Å². The Labute approximate surface area is 72.4 Å². The molecule has 3 nitrogen and oxygen atoms in total. The number of hydrogen-bond acceptors (Lipinski definition) is 3. The molecule has 0 aromatic carbocycles. The molecule has 0 aromatic heterocycles. The lowest BCUT2D eigenvalue weighted by Crippen LogP contribution is -2.27. The molecule has 1 radical (unpaired) electrons. The van der Waals surface area contributed by atoms with E-state index in [1.807, 2.05) is 13.8 Å². The summed E-state index contributed by atoms with van der Waals surface area (Å²) in [6.07, 6.45) is -2.10. The van der Waals surface area contributed by atoms with Crippen molar-refractivity contribution in [1.82, 2.24) is 0 Å². The van der Waals surface area contributed by atoms with E-state index in [9.17, 15) is 15.0 Å². The van der Waals surface area contributed by atoms with Crippen molar-refractivity contribution in [2.75, 3.05) is 0 Å². The number of aliphatic hydroxyl groups excluding tert-OH is 2. The summed E-state index contributed by atoms with van der Waals surface area (Å²) < 4.78 is 0. The third kappa shape index (κ3) is 1.27. The molecule has 69 valence electrons. The largest absolute Gasteiger partial charge is 0.385 e. The molecule has 0 aliphatic heterocycles. The van der Waals surface area contributed by atoms with Crippen LogP contribution >= 0.6 is 0 Å². The number of carbonyl (C=O) groups is 1. The van der Waals surface area contributed by atoms with Crippen LogP contribution in [0.5, 0.6) is 0 Å². The molecule has 0 bridgehead atoms. The van der Waals surface area contributed by atoms with E-state index in [-0.39, 0.29) is 17.8 Å². The fourth-order valence-electron chi connectivity index (χ4n) is 1.88. The molecule has 4 atom stereocenters. The van der Waals surface area contributed by atoms with E-state index in [2.05, 4.69) is 6.92 Å². The Hall–Kier alpha value is -0.410. The highest BCUT2D eigenvalue weighted by Gasteiger charge is 2.47. The van der Waals surface area contributed by atoms with Gasteiger partial charge in [-0.1, -0.05) is 13.8 Å². The average Bonchev–Trinajstić information content (AvgIpc) is 2.16. The molecule has 4 unspecified atom stereocenters. The molecule has 1 saturated carbocycles. The van der Waals surface area contributed by atoms with Gasteiger partial charge in [-0.05, 0) is 18.8 Å². The van der Waals surface area contributed by atoms with E-state index < -0.39 is 18.0 Å². The molecule has 1 rings (SSSR count). The number of hydrogen-bond donors (Lipinski definition) is 2. The van der Waals surface area contributed by atoms with Crippen LogP contribution in [0.15, 0.2) is 0 Å². The zero-order valence-electron chi connectivity index (χ0n) is 7.40. The summed E-state index contributed by atoms with van der Waals surface area (Å²) >= 11 is 0. The normalized spacial score (nSPS) is 42.7. The Balaban J connectivity index is 2.83. The highest BCUT2D eigenvalue weighted by Crippen LogP contribution is 2.34. The molecule has 0 aromatic rings. The Morgan fingerprint density at radius 3 is 2.00 bits per heavy atom. The number of aliphatic hydroxyl groups is 2. The van der Waals surface area contributed by atoms with Gasteiger partial charge in [-0.15, -0.1) is 0 Å². The Morgan fingerprint density at radius 1 is 1.33 bits per heavy atom. The lowest BCUT2D eigenvalue weighted by atomic mass is 9.85. The first-order chi connectivity index (χ1) is 5.46. The molecule has 0 heterocycles. The van der Waals surface area contributed by atoms with Crippen LogP contribution in [-0.2, 0) is 4.79 Å². The second-order valence-electron chi connectivity index (χ2n) is 3.78. The van der Waals surface area contributed by atoms with E-state index in [1.54, 1.807) is 0 Å². The van der Waals surface area contributed by atoms with Gasteiger partial charge in [0.05, 0.1) is 0 Å². The summed E-state index contributed by atoms with van der Waals surface area (Å²) in [6, 6.07) is 0. The molecular weight excluding hydrogens is 156 g/mol. The van der Waals surface area contributed by atoms with Crippen LogP contribution in [0.25, 0.3) is 0 Å². The molecule has 0 amide bonds. The van der Waals surface area contributed by atoms with Crippen molar-refractivity contribution in [3.8, 4) is 0 Å². The molecular formula is C9H15O3. The maximum absolute atomic E-state index is 11.1. The molecule has 1 fully saturated rings. The first-order valence-electron chi connectivity index (χ1n) is 4.19. The molecule has 2 N–H and O–H groups in total. The van der Waals surface area contributed by atoms with Crippen molar-refractivity contribution in [1.29, 1.82) is 0 Å². The summed E-state index contributed by atoms with van der Waals surface area (Å²) in [7, 11) is 0. The molecule has 1 aliphatic rings. The third-order valence-electron chi connectivity index (χ3n) is 2.62. The van der Waals surface area contributed by atoms with Crippen LogP contribution in [0.4, 0.5) is 0 Å². The number of ketones is 1. The van der Waals surface area contributed by atoms with Gasteiger partial charge in [0.2, 0.25) is 0 Å². The van der Waals surface area contributed by atoms with E-state index >= 15 is 0 Å². The molecule has 1 aliphatic carbocycles. The van der Waals surface area contributed by atoms with Gasteiger partial charge in [0.1, 0.15) is 12.2 Å². The van der Waals surface area contributed by atoms with Crippen LogP contribution in [0, 0.1) is 24.7 Å². The first-order valence-corrected chi connectivity index (χ1v) is 4.19. The smallest absolute Gasteiger partial charge is 0.190 e. The summed E-state index contributed by atoms with van der Waals surface area (Å²) in [5.74, 6) is -0.878. The van der Waals surface area contributed by atoms with Gasteiger partial charge in [0.15, 0.2) is 5.78 Å². The Kier molecular flexibility index (Phi) is 2.54. The maximum Gasteiger partial charge on any atom is 0.190 e. The topological polar surface area (TPSA) is 57.5 Å². The first kappa shape index (κ1) is 9.68. The van der Waals surface area contributed by atoms with Crippen molar-refractivity contribution in [2.24, 2.45) is 17.8 Å². The fourth-order valence-corrected chi connectivity index (χ4v) is 1.88. The summed E-state index contributed by atoms with van der Waals surface area (Å²) in [4.78, 5) is 11.1. The van der Waals surface area contributed by atoms with Gasteiger partial charge in [-0.3, -0.25) is 4.79 Å². The van der Waals surface area contributed by atoms with Gasteiger partial charge in [0.25, 0.3) is 0 Å². The van der Waals surface area contributed by atoms with E-state index in [0.29, 0.717) is 0 Å². The van der Waals surface area contributed by atoms with Crippen LogP contribution in [0.1, 0.15) is 13.8 Å². The fraction of sp³-hybridized carbons (Fsp3) is 0.778. The lowest BCUT2D eigenvalue weighted by molar-refractivity contribution is -0.132. The highest BCUT2D eigenvalue weighted by molar-refractivity contribution is 5.90. The van der Waals surface area contributed by atoms with Gasteiger partial charge in [-0.25, -0.2) is 0 Å². The van der Waals surface area contributed by atoms with Crippen LogP contribution in [-0.4, -0.2) is 28.2 Å². The van der Waals surface area contributed by atoms with E-state index in [4.69, 9.17) is 0 Å². The molecule has 3 heteroatoms. The monoisotopic (exact) mass is 171 g/mol. The van der Waals surface area contributed by atoms with Crippen molar-refractivity contribution in [3.05, 3.63) is 6.92 Å². The maximum atomic E-state index is 11.1. The SMILES string of the molecule is [CH2]C1C(O)C(=O)C(O)C1C(C)C. The van der Waals surface area contributed by atoms with Crippen molar-refractivity contribution in [2.45, 2.75) is 26.1 Å². The second kappa shape index (κ2) is 3.15.